The zero-order valence-electron chi connectivity index (χ0n) is 11.1. The lowest BCUT2D eigenvalue weighted by Gasteiger charge is -2.14. The first kappa shape index (κ1) is 15.8. The maximum Gasteiger partial charge on any atom is 0.417 e. The van der Waals surface area contributed by atoms with Gasteiger partial charge in [-0.05, 0) is 41.0 Å². The molecule has 2 nitrogen and oxygen atoms in total. The molecule has 0 atom stereocenters. The number of halogens is 4. The van der Waals surface area contributed by atoms with E-state index in [1.165, 1.54) is 24.3 Å². The normalized spacial score (nSPS) is 11.8. The van der Waals surface area contributed by atoms with Crippen LogP contribution in [-0.2, 0) is 11.0 Å². The lowest BCUT2D eigenvalue weighted by molar-refractivity contribution is -0.137. The third-order valence-corrected chi connectivity index (χ3v) is 2.96. The van der Waals surface area contributed by atoms with Crippen molar-refractivity contribution < 1.29 is 27.5 Å². The first-order valence-electron chi connectivity index (χ1n) is 6.16. The van der Waals surface area contributed by atoms with Crippen molar-refractivity contribution in [1.29, 1.82) is 0 Å². The summed E-state index contributed by atoms with van der Waals surface area (Å²) in [6.45, 7) is 0. The van der Waals surface area contributed by atoms with Crippen LogP contribution in [-0.4, -0.2) is 11.1 Å². The first-order chi connectivity index (χ1) is 10.3. The Morgan fingerprint density at radius 1 is 1.05 bits per heavy atom. The number of alkyl halides is 3. The molecule has 2 aromatic rings. The molecular formula is C16H10F4O2. The van der Waals surface area contributed by atoms with Crippen LogP contribution >= 0.6 is 0 Å². The van der Waals surface area contributed by atoms with Crippen molar-refractivity contribution in [1.82, 2.24) is 0 Å². The number of carboxylic acids is 1. The van der Waals surface area contributed by atoms with Crippen LogP contribution in [0.25, 0.3) is 17.2 Å². The molecule has 6 heteroatoms. The van der Waals surface area contributed by atoms with Gasteiger partial charge in [0.15, 0.2) is 0 Å². The van der Waals surface area contributed by atoms with Gasteiger partial charge in [0.1, 0.15) is 5.82 Å². The zero-order valence-corrected chi connectivity index (χ0v) is 11.1. The number of carboxylic acid groups (broad SMARTS) is 1. The van der Waals surface area contributed by atoms with E-state index in [-0.39, 0.29) is 11.1 Å². The smallest absolute Gasteiger partial charge is 0.417 e. The standard InChI is InChI=1S/C16H10F4O2/c17-11-6-4-10(5-7-11)12-2-1-3-14(16(18,19)20)13(12)8-9-15(21)22/h1-9H,(H,21,22)/b9-8+. The van der Waals surface area contributed by atoms with E-state index >= 15 is 0 Å². The van der Waals surface area contributed by atoms with Crippen LogP contribution in [0.15, 0.2) is 48.5 Å². The van der Waals surface area contributed by atoms with Crippen molar-refractivity contribution >= 4 is 12.0 Å². The summed E-state index contributed by atoms with van der Waals surface area (Å²) >= 11 is 0. The predicted molar refractivity (Wildman–Crippen MR) is 73.5 cm³/mol. The van der Waals surface area contributed by atoms with Crippen molar-refractivity contribution in [2.75, 3.05) is 0 Å². The van der Waals surface area contributed by atoms with Gasteiger partial charge in [-0.2, -0.15) is 13.2 Å². The van der Waals surface area contributed by atoms with Crippen LogP contribution in [0.5, 0.6) is 0 Å². The second-order valence-electron chi connectivity index (χ2n) is 4.44. The van der Waals surface area contributed by atoms with Crippen LogP contribution in [0.2, 0.25) is 0 Å². The fourth-order valence-electron chi connectivity index (χ4n) is 2.03. The summed E-state index contributed by atoms with van der Waals surface area (Å²) in [5.41, 5.74) is -0.694. The lowest BCUT2D eigenvalue weighted by atomic mass is 9.94. The minimum Gasteiger partial charge on any atom is -0.478 e. The average molecular weight is 310 g/mol. The molecular weight excluding hydrogens is 300 g/mol. The van der Waals surface area contributed by atoms with E-state index in [9.17, 15) is 22.4 Å². The molecule has 2 rings (SSSR count). The highest BCUT2D eigenvalue weighted by Gasteiger charge is 2.33. The summed E-state index contributed by atoms with van der Waals surface area (Å²) < 4.78 is 52.2. The molecule has 0 aliphatic rings. The maximum absolute atomic E-state index is 13.1. The summed E-state index contributed by atoms with van der Waals surface area (Å²) in [5, 5.41) is 8.65. The van der Waals surface area contributed by atoms with E-state index in [0.29, 0.717) is 11.6 Å². The van der Waals surface area contributed by atoms with E-state index in [1.54, 1.807) is 0 Å². The van der Waals surface area contributed by atoms with Crippen molar-refractivity contribution in [3.8, 4) is 11.1 Å². The van der Waals surface area contributed by atoms with E-state index in [4.69, 9.17) is 5.11 Å². The van der Waals surface area contributed by atoms with Crippen LogP contribution in [0.4, 0.5) is 17.6 Å². The van der Waals surface area contributed by atoms with Crippen molar-refractivity contribution in [3.63, 3.8) is 0 Å². The third-order valence-electron chi connectivity index (χ3n) is 2.96. The van der Waals surface area contributed by atoms with Crippen LogP contribution in [0.1, 0.15) is 11.1 Å². The van der Waals surface area contributed by atoms with Gasteiger partial charge in [0.05, 0.1) is 5.56 Å². The molecule has 0 aromatic heterocycles. The van der Waals surface area contributed by atoms with Gasteiger partial charge >= 0.3 is 12.1 Å². The molecule has 22 heavy (non-hydrogen) atoms. The predicted octanol–water partition coefficient (Wildman–Crippen LogP) is 4.61. The van der Waals surface area contributed by atoms with Crippen LogP contribution < -0.4 is 0 Å². The average Bonchev–Trinajstić information content (AvgIpc) is 2.44. The fraction of sp³-hybridized carbons (Fsp3) is 0.0625. The Morgan fingerprint density at radius 2 is 1.68 bits per heavy atom. The second kappa shape index (κ2) is 6.01. The Kier molecular flexibility index (Phi) is 4.30. The lowest BCUT2D eigenvalue weighted by Crippen LogP contribution is -2.08. The minimum absolute atomic E-state index is 0.173. The third kappa shape index (κ3) is 3.52. The van der Waals surface area contributed by atoms with Gasteiger partial charge in [0.25, 0.3) is 0 Å². The van der Waals surface area contributed by atoms with Crippen LogP contribution in [0, 0.1) is 5.82 Å². The van der Waals surface area contributed by atoms with Gasteiger partial charge < -0.3 is 5.11 Å². The van der Waals surface area contributed by atoms with Gasteiger partial charge in [0, 0.05) is 6.08 Å². The molecule has 2 aromatic carbocycles. The van der Waals surface area contributed by atoms with Gasteiger partial charge in [0.2, 0.25) is 0 Å². The Morgan fingerprint density at radius 3 is 2.23 bits per heavy atom. The van der Waals surface area contributed by atoms with Gasteiger partial charge in [-0.25, -0.2) is 9.18 Å². The Balaban J connectivity index is 2.67. The highest BCUT2D eigenvalue weighted by Crippen LogP contribution is 2.37. The topological polar surface area (TPSA) is 37.3 Å². The Hall–Kier alpha value is -2.63. The highest BCUT2D eigenvalue weighted by atomic mass is 19.4. The van der Waals surface area contributed by atoms with Crippen molar-refractivity contribution in [2.45, 2.75) is 6.18 Å². The molecule has 0 amide bonds. The summed E-state index contributed by atoms with van der Waals surface area (Å²) in [7, 11) is 0. The summed E-state index contributed by atoms with van der Waals surface area (Å²) in [4.78, 5) is 10.6. The van der Waals surface area contributed by atoms with E-state index in [1.807, 2.05) is 0 Å². The molecule has 0 aliphatic heterocycles. The molecule has 0 saturated heterocycles. The molecule has 0 unspecified atom stereocenters. The monoisotopic (exact) mass is 310 g/mol. The molecule has 0 spiro atoms. The number of carbonyl (C=O) groups is 1. The second-order valence-corrected chi connectivity index (χ2v) is 4.44. The number of aliphatic carboxylic acids is 1. The first-order valence-corrected chi connectivity index (χ1v) is 6.16. The Labute approximate surface area is 123 Å². The molecule has 114 valence electrons. The van der Waals surface area contributed by atoms with Crippen LogP contribution in [0.3, 0.4) is 0 Å². The molecule has 0 bridgehead atoms. The molecule has 0 fully saturated rings. The van der Waals surface area contributed by atoms with E-state index in [0.717, 1.165) is 24.3 Å². The van der Waals surface area contributed by atoms with Gasteiger partial charge in [-0.15, -0.1) is 0 Å². The van der Waals surface area contributed by atoms with Crippen molar-refractivity contribution in [2.24, 2.45) is 0 Å². The molecule has 0 aliphatic carbocycles. The van der Waals surface area contributed by atoms with Gasteiger partial charge in [-0.3, -0.25) is 0 Å². The fourth-order valence-corrected chi connectivity index (χ4v) is 2.03. The largest absolute Gasteiger partial charge is 0.478 e. The molecule has 1 N–H and O–H groups in total. The number of rotatable bonds is 3. The zero-order chi connectivity index (χ0) is 16.3. The van der Waals surface area contributed by atoms with E-state index in [2.05, 4.69) is 0 Å². The summed E-state index contributed by atoms with van der Waals surface area (Å²) in [6.07, 6.45) is -3.10. The van der Waals surface area contributed by atoms with Gasteiger partial charge in [-0.1, -0.05) is 24.3 Å². The highest BCUT2D eigenvalue weighted by molar-refractivity contribution is 5.88. The molecule has 0 saturated carbocycles. The van der Waals surface area contributed by atoms with Crippen molar-refractivity contribution in [3.05, 3.63) is 65.5 Å². The number of benzene rings is 2. The number of hydrogen-bond donors (Lipinski definition) is 1. The Bertz CT molecular complexity index is 716. The van der Waals surface area contributed by atoms with E-state index < -0.39 is 23.5 Å². The maximum atomic E-state index is 13.1. The summed E-state index contributed by atoms with van der Waals surface area (Å²) in [5.74, 6) is -1.87. The quantitative estimate of drug-likeness (QED) is 0.664. The minimum atomic E-state index is -4.63. The molecule has 0 heterocycles. The molecule has 0 radical (unpaired) electrons. The summed E-state index contributed by atoms with van der Waals surface area (Å²) in [6, 6.07) is 8.44. The number of hydrogen-bond acceptors (Lipinski definition) is 1. The SMILES string of the molecule is O=C(O)/C=C/c1c(-c2ccc(F)cc2)cccc1C(F)(F)F.